The summed E-state index contributed by atoms with van der Waals surface area (Å²) in [4.78, 5) is 1.27. The fraction of sp³-hybridized carbons (Fsp3) is 0.500. The van der Waals surface area contributed by atoms with Crippen molar-refractivity contribution in [2.75, 3.05) is 6.54 Å². The molecule has 1 atom stereocenters. The van der Waals surface area contributed by atoms with Crippen molar-refractivity contribution in [3.05, 3.63) is 19.8 Å². The van der Waals surface area contributed by atoms with Gasteiger partial charge in [0.1, 0.15) is 4.34 Å². The maximum atomic E-state index is 5.92. The van der Waals surface area contributed by atoms with E-state index in [-0.39, 0.29) is 0 Å². The minimum absolute atomic E-state index is 0.392. The topological polar surface area (TPSA) is 12.0 Å². The van der Waals surface area contributed by atoms with Crippen molar-refractivity contribution in [2.45, 2.75) is 19.9 Å². The van der Waals surface area contributed by atoms with Gasteiger partial charge in [0.15, 0.2) is 0 Å². The van der Waals surface area contributed by atoms with Gasteiger partial charge in [-0.15, -0.1) is 11.3 Å². The van der Waals surface area contributed by atoms with Crippen LogP contribution in [0, 0.1) is 0 Å². The highest BCUT2D eigenvalue weighted by Gasteiger charge is 2.09. The van der Waals surface area contributed by atoms with Gasteiger partial charge in [0.05, 0.1) is 0 Å². The number of hydrogen-bond donors (Lipinski definition) is 1. The lowest BCUT2D eigenvalue weighted by molar-refractivity contribution is 0.607. The molecule has 0 aliphatic rings. The van der Waals surface area contributed by atoms with Crippen LogP contribution in [0.15, 0.2) is 10.5 Å². The summed E-state index contributed by atoms with van der Waals surface area (Å²) in [5, 5.41) is 3.33. The molecule has 0 amide bonds. The fourth-order valence-corrected chi connectivity index (χ4v) is 2.75. The molecule has 1 heterocycles. The quantitative estimate of drug-likeness (QED) is 0.878. The zero-order chi connectivity index (χ0) is 9.14. The van der Waals surface area contributed by atoms with Crippen LogP contribution in [0.25, 0.3) is 0 Å². The second kappa shape index (κ2) is 4.61. The summed E-state index contributed by atoms with van der Waals surface area (Å²) >= 11 is 10.9. The van der Waals surface area contributed by atoms with Crippen LogP contribution >= 0.6 is 38.9 Å². The first kappa shape index (κ1) is 10.5. The van der Waals surface area contributed by atoms with Gasteiger partial charge in [-0.2, -0.15) is 0 Å². The van der Waals surface area contributed by atoms with Crippen LogP contribution in [0.5, 0.6) is 0 Å². The zero-order valence-corrected chi connectivity index (χ0v) is 10.2. The van der Waals surface area contributed by atoms with Crippen LogP contribution in [0.4, 0.5) is 0 Å². The standard InChI is InChI=1S/C8H11BrClNS/c1-3-11-5(2)7-4-6(9)8(10)12-7/h4-5,11H,3H2,1-2H3. The first-order chi connectivity index (χ1) is 5.65. The van der Waals surface area contributed by atoms with Crippen LogP contribution in [-0.2, 0) is 0 Å². The Balaban J connectivity index is 2.74. The Morgan fingerprint density at radius 2 is 2.42 bits per heavy atom. The van der Waals surface area contributed by atoms with E-state index in [0.29, 0.717) is 6.04 Å². The molecule has 68 valence electrons. The Bertz CT molecular complexity index is 242. The molecule has 0 bridgehead atoms. The molecule has 0 saturated heterocycles. The molecule has 0 spiro atoms. The van der Waals surface area contributed by atoms with E-state index in [9.17, 15) is 0 Å². The maximum Gasteiger partial charge on any atom is 0.107 e. The van der Waals surface area contributed by atoms with Gasteiger partial charge < -0.3 is 5.32 Å². The third-order valence-corrected chi connectivity index (χ3v) is 4.26. The summed E-state index contributed by atoms with van der Waals surface area (Å²) in [7, 11) is 0. The van der Waals surface area contributed by atoms with Crippen molar-refractivity contribution >= 4 is 38.9 Å². The SMILES string of the molecule is CCNC(C)c1cc(Br)c(Cl)s1. The fourth-order valence-electron chi connectivity index (χ4n) is 0.983. The van der Waals surface area contributed by atoms with E-state index in [1.807, 2.05) is 0 Å². The Labute approximate surface area is 90.3 Å². The Kier molecular flexibility index (Phi) is 4.03. The number of thiophene rings is 1. The molecule has 1 N–H and O–H groups in total. The number of hydrogen-bond acceptors (Lipinski definition) is 2. The second-order valence-corrected chi connectivity index (χ2v) is 5.09. The van der Waals surface area contributed by atoms with Crippen LogP contribution in [0.1, 0.15) is 24.8 Å². The first-order valence-corrected chi connectivity index (χ1v) is 5.82. The van der Waals surface area contributed by atoms with E-state index in [1.165, 1.54) is 4.88 Å². The van der Waals surface area contributed by atoms with Crippen LogP contribution in [0.3, 0.4) is 0 Å². The predicted molar refractivity (Wildman–Crippen MR) is 59.1 cm³/mol. The summed E-state index contributed by atoms with van der Waals surface area (Å²) in [5.41, 5.74) is 0. The third kappa shape index (κ3) is 2.46. The largest absolute Gasteiger partial charge is 0.310 e. The molecule has 1 aromatic heterocycles. The van der Waals surface area contributed by atoms with Crippen molar-refractivity contribution < 1.29 is 0 Å². The summed E-state index contributed by atoms with van der Waals surface area (Å²) in [6.45, 7) is 5.22. The van der Waals surface area contributed by atoms with Crippen LogP contribution in [0.2, 0.25) is 4.34 Å². The molecule has 12 heavy (non-hydrogen) atoms. The van der Waals surface area contributed by atoms with E-state index in [0.717, 1.165) is 15.4 Å². The molecule has 0 aromatic carbocycles. The van der Waals surface area contributed by atoms with Gasteiger partial charge in [0, 0.05) is 15.4 Å². The molecule has 1 nitrogen and oxygen atoms in total. The molecule has 1 unspecified atom stereocenters. The highest BCUT2D eigenvalue weighted by Crippen LogP contribution is 2.34. The average Bonchev–Trinajstić information content (AvgIpc) is 2.33. The van der Waals surface area contributed by atoms with E-state index < -0.39 is 0 Å². The molecule has 0 aliphatic heterocycles. The van der Waals surface area contributed by atoms with Crippen molar-refractivity contribution in [3.8, 4) is 0 Å². The van der Waals surface area contributed by atoms with Gasteiger partial charge in [-0.3, -0.25) is 0 Å². The lowest BCUT2D eigenvalue weighted by atomic mass is 10.3. The summed E-state index contributed by atoms with van der Waals surface area (Å²) in [5.74, 6) is 0. The Morgan fingerprint density at radius 1 is 1.75 bits per heavy atom. The molecule has 0 aliphatic carbocycles. The maximum absolute atomic E-state index is 5.92. The molecule has 0 radical (unpaired) electrons. The normalized spacial score (nSPS) is 13.3. The van der Waals surface area contributed by atoms with E-state index in [4.69, 9.17) is 11.6 Å². The lowest BCUT2D eigenvalue weighted by Crippen LogP contribution is -2.16. The predicted octanol–water partition coefficient (Wildman–Crippen LogP) is 3.83. The van der Waals surface area contributed by atoms with Gasteiger partial charge in [-0.05, 0) is 35.5 Å². The van der Waals surface area contributed by atoms with Gasteiger partial charge in [0.2, 0.25) is 0 Å². The number of halogens is 2. The van der Waals surface area contributed by atoms with Crippen molar-refractivity contribution in [1.82, 2.24) is 5.32 Å². The van der Waals surface area contributed by atoms with Gasteiger partial charge in [-0.1, -0.05) is 18.5 Å². The summed E-state index contributed by atoms with van der Waals surface area (Å²) in [6.07, 6.45) is 0. The van der Waals surface area contributed by atoms with E-state index in [2.05, 4.69) is 41.2 Å². The van der Waals surface area contributed by atoms with Crippen LogP contribution in [-0.4, -0.2) is 6.54 Å². The molecule has 0 saturated carbocycles. The smallest absolute Gasteiger partial charge is 0.107 e. The minimum atomic E-state index is 0.392. The van der Waals surface area contributed by atoms with Crippen molar-refractivity contribution in [1.29, 1.82) is 0 Å². The first-order valence-electron chi connectivity index (χ1n) is 3.83. The molecular formula is C8H11BrClNS. The van der Waals surface area contributed by atoms with Gasteiger partial charge in [-0.25, -0.2) is 0 Å². The molecule has 4 heteroatoms. The number of nitrogens with one attached hydrogen (secondary N) is 1. The monoisotopic (exact) mass is 267 g/mol. The molecular weight excluding hydrogens is 258 g/mol. The minimum Gasteiger partial charge on any atom is -0.310 e. The van der Waals surface area contributed by atoms with Gasteiger partial charge >= 0.3 is 0 Å². The van der Waals surface area contributed by atoms with Crippen molar-refractivity contribution in [2.24, 2.45) is 0 Å². The molecule has 1 aromatic rings. The van der Waals surface area contributed by atoms with Gasteiger partial charge in [0.25, 0.3) is 0 Å². The Morgan fingerprint density at radius 3 is 2.83 bits per heavy atom. The third-order valence-electron chi connectivity index (χ3n) is 1.60. The highest BCUT2D eigenvalue weighted by molar-refractivity contribution is 9.10. The van der Waals surface area contributed by atoms with Crippen molar-refractivity contribution in [3.63, 3.8) is 0 Å². The summed E-state index contributed by atoms with van der Waals surface area (Å²) < 4.78 is 1.82. The lowest BCUT2D eigenvalue weighted by Gasteiger charge is -2.08. The highest BCUT2D eigenvalue weighted by atomic mass is 79.9. The average molecular weight is 269 g/mol. The zero-order valence-electron chi connectivity index (χ0n) is 7.03. The molecule has 1 rings (SSSR count). The van der Waals surface area contributed by atoms with E-state index in [1.54, 1.807) is 11.3 Å². The second-order valence-electron chi connectivity index (χ2n) is 2.55. The number of rotatable bonds is 3. The van der Waals surface area contributed by atoms with Crippen LogP contribution < -0.4 is 5.32 Å². The van der Waals surface area contributed by atoms with E-state index >= 15 is 0 Å². The summed E-state index contributed by atoms with van der Waals surface area (Å²) in [6, 6.07) is 2.46. The molecule has 0 fully saturated rings. The Hall–Kier alpha value is 0.430.